The summed E-state index contributed by atoms with van der Waals surface area (Å²) in [6.07, 6.45) is 3.19. The molecule has 0 radical (unpaired) electrons. The largest absolute Gasteiger partial charge is 0.441 e. The molecule has 1 saturated heterocycles. The normalized spacial score (nSPS) is 17.5. The van der Waals surface area contributed by atoms with Crippen LogP contribution in [0.25, 0.3) is 11.5 Å². The lowest BCUT2D eigenvalue weighted by atomic mass is 9.98. The van der Waals surface area contributed by atoms with E-state index in [0.717, 1.165) is 24.8 Å². The quantitative estimate of drug-likeness (QED) is 0.904. The van der Waals surface area contributed by atoms with Crippen LogP contribution in [0.15, 0.2) is 34.7 Å². The van der Waals surface area contributed by atoms with Crippen molar-refractivity contribution < 1.29 is 14.0 Å². The van der Waals surface area contributed by atoms with Gasteiger partial charge in [-0.2, -0.15) is 0 Å². The third kappa shape index (κ3) is 4.07. The summed E-state index contributed by atoms with van der Waals surface area (Å²) in [7, 11) is 0. The predicted octanol–water partition coefficient (Wildman–Crippen LogP) is 2.45. The fourth-order valence-corrected chi connectivity index (χ4v) is 3.31. The average Bonchev–Trinajstić information content (AvgIpc) is 2.96. The Morgan fingerprint density at radius 2 is 2.04 bits per heavy atom. The molecule has 1 aromatic heterocycles. The van der Waals surface area contributed by atoms with Gasteiger partial charge in [0.15, 0.2) is 0 Å². The van der Waals surface area contributed by atoms with E-state index in [-0.39, 0.29) is 30.7 Å². The number of aromatic nitrogens is 1. The number of piperidine rings is 1. The number of carbonyl (C=O) groups is 2. The molecule has 6 nitrogen and oxygen atoms in total. The van der Waals surface area contributed by atoms with E-state index in [1.807, 2.05) is 37.3 Å². The Bertz CT molecular complexity index is 755. The van der Waals surface area contributed by atoms with Gasteiger partial charge in [0.2, 0.25) is 17.7 Å². The van der Waals surface area contributed by atoms with Crippen molar-refractivity contribution in [2.24, 2.45) is 5.73 Å². The maximum Gasteiger partial charge on any atom is 0.228 e. The number of benzene rings is 1. The van der Waals surface area contributed by atoms with Gasteiger partial charge in [-0.25, -0.2) is 4.98 Å². The van der Waals surface area contributed by atoms with Gasteiger partial charge in [0.05, 0.1) is 12.1 Å². The zero-order valence-corrected chi connectivity index (χ0v) is 14.4. The van der Waals surface area contributed by atoms with E-state index in [0.29, 0.717) is 23.9 Å². The van der Waals surface area contributed by atoms with E-state index in [9.17, 15) is 9.59 Å². The maximum atomic E-state index is 12.7. The van der Waals surface area contributed by atoms with Gasteiger partial charge in [-0.1, -0.05) is 18.2 Å². The third-order valence-corrected chi connectivity index (χ3v) is 4.62. The van der Waals surface area contributed by atoms with Crippen LogP contribution in [0.1, 0.15) is 37.1 Å². The molecular weight excluding hydrogens is 318 g/mol. The van der Waals surface area contributed by atoms with Crippen LogP contribution in [0.4, 0.5) is 0 Å². The fourth-order valence-electron chi connectivity index (χ4n) is 3.31. The molecule has 3 rings (SSSR count). The molecule has 1 aromatic carbocycles. The third-order valence-electron chi connectivity index (χ3n) is 4.62. The van der Waals surface area contributed by atoms with Gasteiger partial charge >= 0.3 is 0 Å². The first-order chi connectivity index (χ1) is 12.0. The van der Waals surface area contributed by atoms with Gasteiger partial charge in [0, 0.05) is 24.6 Å². The standard InChI is InChI=1S/C19H23N3O3/c1-13-16(21-19(25-13)14-7-3-2-4-8-14)12-18(24)22-10-6-5-9-15(22)11-17(20)23/h2-4,7-8,15H,5-6,9-12H2,1H3,(H2,20,23). The number of primary amides is 1. The molecule has 1 unspecified atom stereocenters. The summed E-state index contributed by atoms with van der Waals surface area (Å²) in [5, 5.41) is 0. The second-order valence-electron chi connectivity index (χ2n) is 6.47. The minimum Gasteiger partial charge on any atom is -0.441 e. The molecular formula is C19H23N3O3. The Labute approximate surface area is 147 Å². The molecule has 1 atom stereocenters. The predicted molar refractivity (Wildman–Crippen MR) is 93.5 cm³/mol. The first-order valence-corrected chi connectivity index (χ1v) is 8.64. The molecule has 0 bridgehead atoms. The van der Waals surface area contributed by atoms with Crippen LogP contribution >= 0.6 is 0 Å². The van der Waals surface area contributed by atoms with Crippen LogP contribution < -0.4 is 5.73 Å². The van der Waals surface area contributed by atoms with E-state index < -0.39 is 0 Å². The van der Waals surface area contributed by atoms with Gasteiger partial charge in [0.25, 0.3) is 0 Å². The molecule has 25 heavy (non-hydrogen) atoms. The SMILES string of the molecule is Cc1oc(-c2ccccc2)nc1CC(=O)N1CCCCC1CC(N)=O. The highest BCUT2D eigenvalue weighted by Crippen LogP contribution is 2.24. The minimum absolute atomic E-state index is 0.0260. The van der Waals surface area contributed by atoms with Crippen molar-refractivity contribution in [2.45, 2.75) is 45.1 Å². The van der Waals surface area contributed by atoms with Gasteiger partial charge in [-0.05, 0) is 38.3 Å². The van der Waals surface area contributed by atoms with Crippen LogP contribution in [-0.2, 0) is 16.0 Å². The molecule has 1 fully saturated rings. The first-order valence-electron chi connectivity index (χ1n) is 8.64. The number of aryl methyl sites for hydroxylation is 1. The number of hydrogen-bond donors (Lipinski definition) is 1. The first kappa shape index (κ1) is 17.2. The van der Waals surface area contributed by atoms with Crippen molar-refractivity contribution in [1.29, 1.82) is 0 Å². The fraction of sp³-hybridized carbons (Fsp3) is 0.421. The molecule has 0 saturated carbocycles. The van der Waals surface area contributed by atoms with Crippen LogP contribution in [0, 0.1) is 6.92 Å². The van der Waals surface area contributed by atoms with Crippen LogP contribution in [0.2, 0.25) is 0 Å². The van der Waals surface area contributed by atoms with E-state index in [1.54, 1.807) is 4.90 Å². The van der Waals surface area contributed by atoms with E-state index in [4.69, 9.17) is 10.2 Å². The molecule has 0 aliphatic carbocycles. The Morgan fingerprint density at radius 1 is 1.28 bits per heavy atom. The number of amides is 2. The summed E-state index contributed by atoms with van der Waals surface area (Å²) < 4.78 is 5.72. The maximum absolute atomic E-state index is 12.7. The molecule has 132 valence electrons. The summed E-state index contributed by atoms with van der Waals surface area (Å²) in [5.41, 5.74) is 6.85. The molecule has 6 heteroatoms. The zero-order chi connectivity index (χ0) is 17.8. The second-order valence-corrected chi connectivity index (χ2v) is 6.47. The highest BCUT2D eigenvalue weighted by atomic mass is 16.4. The molecule has 2 N–H and O–H groups in total. The second kappa shape index (κ2) is 7.51. The lowest BCUT2D eigenvalue weighted by Gasteiger charge is -2.35. The Balaban J connectivity index is 1.74. The number of oxazole rings is 1. The van der Waals surface area contributed by atoms with Gasteiger partial charge in [0.1, 0.15) is 5.76 Å². The average molecular weight is 341 g/mol. The monoisotopic (exact) mass is 341 g/mol. The number of nitrogens with zero attached hydrogens (tertiary/aromatic N) is 2. The molecule has 1 aliphatic rings. The topological polar surface area (TPSA) is 89.4 Å². The summed E-state index contributed by atoms with van der Waals surface area (Å²) in [5.74, 6) is 0.777. The van der Waals surface area contributed by atoms with Crippen molar-refractivity contribution >= 4 is 11.8 Å². The summed E-state index contributed by atoms with van der Waals surface area (Å²) >= 11 is 0. The van der Waals surface area contributed by atoms with Crippen molar-refractivity contribution in [3.05, 3.63) is 41.8 Å². The highest BCUT2D eigenvalue weighted by molar-refractivity contribution is 5.81. The number of rotatable bonds is 5. The smallest absolute Gasteiger partial charge is 0.228 e. The molecule has 0 spiro atoms. The number of hydrogen-bond acceptors (Lipinski definition) is 4. The van der Waals surface area contributed by atoms with Crippen LogP contribution in [0.3, 0.4) is 0 Å². The molecule has 1 aliphatic heterocycles. The van der Waals surface area contributed by atoms with E-state index in [2.05, 4.69) is 4.98 Å². The van der Waals surface area contributed by atoms with Crippen molar-refractivity contribution in [2.75, 3.05) is 6.54 Å². The van der Waals surface area contributed by atoms with Gasteiger partial charge in [-0.15, -0.1) is 0 Å². The van der Waals surface area contributed by atoms with Crippen LogP contribution in [0.5, 0.6) is 0 Å². The number of likely N-dealkylation sites (tertiary alicyclic amines) is 1. The van der Waals surface area contributed by atoms with Crippen LogP contribution in [-0.4, -0.2) is 34.3 Å². The van der Waals surface area contributed by atoms with Gasteiger partial charge < -0.3 is 15.1 Å². The van der Waals surface area contributed by atoms with Crippen molar-refractivity contribution in [3.8, 4) is 11.5 Å². The molecule has 2 heterocycles. The summed E-state index contributed by atoms with van der Waals surface area (Å²) in [6, 6.07) is 9.51. The number of nitrogens with two attached hydrogens (primary N) is 1. The van der Waals surface area contributed by atoms with E-state index >= 15 is 0 Å². The summed E-state index contributed by atoms with van der Waals surface area (Å²) in [6.45, 7) is 2.48. The van der Waals surface area contributed by atoms with Gasteiger partial charge in [-0.3, -0.25) is 9.59 Å². The minimum atomic E-state index is -0.367. The Hall–Kier alpha value is -2.63. The Kier molecular flexibility index (Phi) is 5.16. The summed E-state index contributed by atoms with van der Waals surface area (Å²) in [4.78, 5) is 30.3. The van der Waals surface area contributed by atoms with E-state index in [1.165, 1.54) is 0 Å². The molecule has 2 aromatic rings. The Morgan fingerprint density at radius 3 is 2.76 bits per heavy atom. The molecule has 2 amide bonds. The lowest BCUT2D eigenvalue weighted by Crippen LogP contribution is -2.46. The van der Waals surface area contributed by atoms with Crippen molar-refractivity contribution in [3.63, 3.8) is 0 Å². The van der Waals surface area contributed by atoms with Crippen molar-refractivity contribution in [1.82, 2.24) is 9.88 Å². The lowest BCUT2D eigenvalue weighted by molar-refractivity contribution is -0.135. The highest BCUT2D eigenvalue weighted by Gasteiger charge is 2.29. The number of carbonyl (C=O) groups excluding carboxylic acids is 2. The zero-order valence-electron chi connectivity index (χ0n) is 14.4.